The molecule has 0 radical (unpaired) electrons. The highest BCUT2D eigenvalue weighted by molar-refractivity contribution is 6.42. The molecule has 5 nitrogen and oxygen atoms in total. The van der Waals surface area contributed by atoms with Gasteiger partial charge in [0.15, 0.2) is 5.76 Å². The molecular weight excluding hydrogens is 339 g/mol. The molecule has 0 saturated carbocycles. The summed E-state index contributed by atoms with van der Waals surface area (Å²) < 4.78 is 4.97. The van der Waals surface area contributed by atoms with Gasteiger partial charge in [-0.1, -0.05) is 35.3 Å². The van der Waals surface area contributed by atoms with Gasteiger partial charge in [-0.2, -0.15) is 0 Å². The van der Waals surface area contributed by atoms with Gasteiger partial charge < -0.3 is 15.1 Å². The average molecular weight is 355 g/mol. The number of halogens is 2. The third-order valence-electron chi connectivity index (χ3n) is 3.21. The van der Waals surface area contributed by atoms with Crippen molar-refractivity contribution >= 4 is 35.0 Å². The van der Waals surface area contributed by atoms with E-state index in [1.807, 2.05) is 6.07 Å². The van der Waals surface area contributed by atoms with Crippen LogP contribution in [0.2, 0.25) is 10.0 Å². The summed E-state index contributed by atoms with van der Waals surface area (Å²) in [4.78, 5) is 23.8. The lowest BCUT2D eigenvalue weighted by Gasteiger charge is -2.13. The molecule has 1 aromatic heterocycles. The zero-order valence-corrected chi connectivity index (χ0v) is 13.9. The Morgan fingerprint density at radius 1 is 1.22 bits per heavy atom. The van der Waals surface area contributed by atoms with Gasteiger partial charge in [-0.15, -0.1) is 0 Å². The Morgan fingerprint density at radius 2 is 2.00 bits per heavy atom. The van der Waals surface area contributed by atoms with Crippen molar-refractivity contribution in [2.75, 3.05) is 6.54 Å². The molecule has 2 amide bonds. The maximum Gasteiger partial charge on any atom is 0.287 e. The molecule has 1 heterocycles. The van der Waals surface area contributed by atoms with E-state index in [1.54, 1.807) is 25.1 Å². The van der Waals surface area contributed by atoms with Crippen LogP contribution in [0.5, 0.6) is 0 Å². The summed E-state index contributed by atoms with van der Waals surface area (Å²) in [7, 11) is 0. The van der Waals surface area contributed by atoms with Crippen molar-refractivity contribution in [2.24, 2.45) is 0 Å². The maximum absolute atomic E-state index is 12.0. The second-order valence-electron chi connectivity index (χ2n) is 4.93. The topological polar surface area (TPSA) is 71.3 Å². The van der Waals surface area contributed by atoms with E-state index in [4.69, 9.17) is 27.6 Å². The molecule has 23 heavy (non-hydrogen) atoms. The van der Waals surface area contributed by atoms with E-state index in [0.717, 1.165) is 5.56 Å². The molecular formula is C16H16Cl2N2O3. The summed E-state index contributed by atoms with van der Waals surface area (Å²) in [6, 6.07) is 7.82. The van der Waals surface area contributed by atoms with E-state index >= 15 is 0 Å². The number of nitrogens with one attached hydrogen (secondary N) is 2. The smallest absolute Gasteiger partial charge is 0.287 e. The van der Waals surface area contributed by atoms with Gasteiger partial charge in [-0.3, -0.25) is 9.59 Å². The standard InChI is InChI=1S/C16H16Cl2N2O3/c1-10(20-16(22)13-6-3-9-23-13)15(21)19-8-7-11-4-2-5-12(17)14(11)18/h2-6,9-10H,7-8H2,1H3,(H,19,21)(H,20,22)/t10-/m0/s1. The van der Waals surface area contributed by atoms with Crippen LogP contribution in [-0.2, 0) is 11.2 Å². The fraction of sp³-hybridized carbons (Fsp3) is 0.250. The molecule has 0 saturated heterocycles. The normalized spacial score (nSPS) is 11.8. The van der Waals surface area contributed by atoms with Crippen LogP contribution in [0, 0.1) is 0 Å². The van der Waals surface area contributed by atoms with Gasteiger partial charge in [0.05, 0.1) is 16.3 Å². The Bertz CT molecular complexity index is 687. The molecule has 0 aliphatic rings. The lowest BCUT2D eigenvalue weighted by molar-refractivity contribution is -0.122. The highest BCUT2D eigenvalue weighted by Gasteiger charge is 2.17. The van der Waals surface area contributed by atoms with Gasteiger partial charge in [-0.05, 0) is 37.1 Å². The number of rotatable bonds is 6. The second-order valence-corrected chi connectivity index (χ2v) is 5.71. The number of hydrogen-bond donors (Lipinski definition) is 2. The van der Waals surface area contributed by atoms with Crippen LogP contribution >= 0.6 is 23.2 Å². The van der Waals surface area contributed by atoms with Crippen molar-refractivity contribution in [3.05, 3.63) is 58.0 Å². The fourth-order valence-electron chi connectivity index (χ4n) is 1.96. The highest BCUT2D eigenvalue weighted by atomic mass is 35.5. The molecule has 0 unspecified atom stereocenters. The van der Waals surface area contributed by atoms with E-state index in [1.165, 1.54) is 12.3 Å². The number of benzene rings is 1. The molecule has 0 aliphatic carbocycles. The summed E-state index contributed by atoms with van der Waals surface area (Å²) in [5.41, 5.74) is 0.853. The van der Waals surface area contributed by atoms with Gasteiger partial charge in [0.25, 0.3) is 5.91 Å². The number of carbonyl (C=O) groups is 2. The Kier molecular flexibility index (Phi) is 6.07. The van der Waals surface area contributed by atoms with Crippen molar-refractivity contribution in [2.45, 2.75) is 19.4 Å². The minimum Gasteiger partial charge on any atom is -0.459 e. The molecule has 1 atom stereocenters. The minimum atomic E-state index is -0.678. The predicted molar refractivity (Wildman–Crippen MR) is 88.8 cm³/mol. The molecule has 0 bridgehead atoms. The molecule has 0 spiro atoms. The first-order valence-electron chi connectivity index (χ1n) is 7.04. The number of carbonyl (C=O) groups excluding carboxylic acids is 2. The molecule has 2 N–H and O–H groups in total. The van der Waals surface area contributed by atoms with Crippen LogP contribution in [0.3, 0.4) is 0 Å². The van der Waals surface area contributed by atoms with Crippen LogP contribution in [0.15, 0.2) is 41.0 Å². The molecule has 2 rings (SSSR count). The molecule has 1 aromatic carbocycles. The van der Waals surface area contributed by atoms with Crippen molar-refractivity contribution in [1.82, 2.24) is 10.6 Å². The van der Waals surface area contributed by atoms with E-state index in [2.05, 4.69) is 10.6 Å². The second kappa shape index (κ2) is 8.04. The van der Waals surface area contributed by atoms with Crippen LogP contribution in [-0.4, -0.2) is 24.4 Å². The minimum absolute atomic E-state index is 0.162. The number of furan rings is 1. The lowest BCUT2D eigenvalue weighted by Crippen LogP contribution is -2.45. The Labute approximate surface area is 144 Å². The SMILES string of the molecule is C[C@H](NC(=O)c1ccco1)C(=O)NCCc1cccc(Cl)c1Cl. The number of amides is 2. The fourth-order valence-corrected chi connectivity index (χ4v) is 2.37. The molecule has 7 heteroatoms. The third-order valence-corrected chi connectivity index (χ3v) is 4.07. The molecule has 122 valence electrons. The zero-order valence-electron chi connectivity index (χ0n) is 12.4. The summed E-state index contributed by atoms with van der Waals surface area (Å²) in [6.45, 7) is 1.99. The lowest BCUT2D eigenvalue weighted by atomic mass is 10.1. The molecule has 0 fully saturated rings. The van der Waals surface area contributed by atoms with E-state index in [0.29, 0.717) is 23.0 Å². The predicted octanol–water partition coefficient (Wildman–Crippen LogP) is 3.06. The van der Waals surface area contributed by atoms with Crippen molar-refractivity contribution in [1.29, 1.82) is 0 Å². The molecule has 2 aromatic rings. The van der Waals surface area contributed by atoms with Gasteiger partial charge in [0, 0.05) is 6.54 Å². The van der Waals surface area contributed by atoms with Gasteiger partial charge >= 0.3 is 0 Å². The van der Waals surface area contributed by atoms with Crippen molar-refractivity contribution < 1.29 is 14.0 Å². The quantitative estimate of drug-likeness (QED) is 0.837. The largest absolute Gasteiger partial charge is 0.459 e. The Hall–Kier alpha value is -1.98. The van der Waals surface area contributed by atoms with Crippen molar-refractivity contribution in [3.63, 3.8) is 0 Å². The third kappa shape index (κ3) is 4.74. The first-order chi connectivity index (χ1) is 11.0. The average Bonchev–Trinajstić information content (AvgIpc) is 3.05. The van der Waals surface area contributed by atoms with Gasteiger partial charge in [-0.25, -0.2) is 0 Å². The summed E-state index contributed by atoms with van der Waals surface area (Å²) in [5.74, 6) is -0.561. The van der Waals surface area contributed by atoms with Crippen LogP contribution in [0.25, 0.3) is 0 Å². The number of hydrogen-bond acceptors (Lipinski definition) is 3. The van der Waals surface area contributed by atoms with Gasteiger partial charge in [0.2, 0.25) is 5.91 Å². The van der Waals surface area contributed by atoms with Crippen molar-refractivity contribution in [3.8, 4) is 0 Å². The zero-order chi connectivity index (χ0) is 16.8. The monoisotopic (exact) mass is 354 g/mol. The van der Waals surface area contributed by atoms with E-state index < -0.39 is 11.9 Å². The van der Waals surface area contributed by atoms with Crippen LogP contribution in [0.1, 0.15) is 23.0 Å². The Morgan fingerprint density at radius 3 is 2.70 bits per heavy atom. The van der Waals surface area contributed by atoms with E-state index in [9.17, 15) is 9.59 Å². The first kappa shape index (κ1) is 17.4. The summed E-state index contributed by atoms with van der Waals surface area (Å²) in [5, 5.41) is 6.27. The Balaban J connectivity index is 1.80. The van der Waals surface area contributed by atoms with Crippen LogP contribution < -0.4 is 10.6 Å². The summed E-state index contributed by atoms with van der Waals surface area (Å²) in [6.07, 6.45) is 1.94. The first-order valence-corrected chi connectivity index (χ1v) is 7.79. The highest BCUT2D eigenvalue weighted by Crippen LogP contribution is 2.25. The van der Waals surface area contributed by atoms with Crippen LogP contribution in [0.4, 0.5) is 0 Å². The molecule has 0 aliphatic heterocycles. The van der Waals surface area contributed by atoms with Gasteiger partial charge in [0.1, 0.15) is 6.04 Å². The summed E-state index contributed by atoms with van der Waals surface area (Å²) >= 11 is 12.0. The van der Waals surface area contributed by atoms with E-state index in [-0.39, 0.29) is 11.7 Å². The maximum atomic E-state index is 12.0.